The zero-order valence-corrected chi connectivity index (χ0v) is 21.3. The number of aliphatic hydroxyl groups excluding tert-OH is 4. The van der Waals surface area contributed by atoms with Gasteiger partial charge in [-0.1, -0.05) is 43.4 Å². The third kappa shape index (κ3) is 7.40. The van der Waals surface area contributed by atoms with Gasteiger partial charge in [0.15, 0.2) is 6.61 Å². The summed E-state index contributed by atoms with van der Waals surface area (Å²) in [4.78, 5) is 17.2. The van der Waals surface area contributed by atoms with E-state index in [1.54, 1.807) is 0 Å². The molecular weight excluding hydrogens is 450 g/mol. The van der Waals surface area contributed by atoms with Crippen molar-refractivity contribution in [1.82, 2.24) is 5.06 Å². The molecule has 1 fully saturated rings. The van der Waals surface area contributed by atoms with Crippen LogP contribution < -0.4 is 4.74 Å². The van der Waals surface area contributed by atoms with Crippen molar-refractivity contribution in [2.45, 2.75) is 103 Å². The predicted octanol–water partition coefficient (Wildman–Crippen LogP) is 2.94. The van der Waals surface area contributed by atoms with E-state index in [1.165, 1.54) is 19.4 Å². The zero-order valence-electron chi connectivity index (χ0n) is 21.3. The summed E-state index contributed by atoms with van der Waals surface area (Å²) in [6.45, 7) is 4.59. The molecule has 35 heavy (non-hydrogen) atoms. The number of nitrogens with zero attached hydrogens (tertiary/aromatic N) is 1. The van der Waals surface area contributed by atoms with Crippen molar-refractivity contribution in [2.24, 2.45) is 17.8 Å². The van der Waals surface area contributed by atoms with Crippen LogP contribution in [-0.2, 0) is 22.5 Å². The molecular formula is C27H43NO7. The van der Waals surface area contributed by atoms with Gasteiger partial charge >= 0.3 is 5.97 Å². The Hall–Kier alpha value is -1.71. The number of carbonyl (C=O) groups excluding carboxylic acids is 1. The Morgan fingerprint density at radius 3 is 2.54 bits per heavy atom. The van der Waals surface area contributed by atoms with Gasteiger partial charge in [-0.15, -0.1) is 0 Å². The van der Waals surface area contributed by atoms with E-state index in [0.29, 0.717) is 17.6 Å². The molecule has 1 aromatic rings. The summed E-state index contributed by atoms with van der Waals surface area (Å²) in [5, 5.41) is 41.3. The second-order valence-electron chi connectivity index (χ2n) is 10.3. The van der Waals surface area contributed by atoms with E-state index in [0.717, 1.165) is 68.4 Å². The largest absolute Gasteiger partial charge is 0.482 e. The molecule has 0 heterocycles. The van der Waals surface area contributed by atoms with E-state index >= 15 is 0 Å². The molecule has 0 radical (unpaired) electrons. The average molecular weight is 494 g/mol. The van der Waals surface area contributed by atoms with Crippen molar-refractivity contribution in [2.75, 3.05) is 6.61 Å². The van der Waals surface area contributed by atoms with Gasteiger partial charge in [0.05, 0.1) is 12.2 Å². The molecule has 4 N–H and O–H groups in total. The molecule has 0 amide bonds. The maximum absolute atomic E-state index is 12.2. The molecule has 0 aromatic heterocycles. The molecule has 3 rings (SSSR count). The van der Waals surface area contributed by atoms with Crippen LogP contribution in [0.2, 0.25) is 0 Å². The summed E-state index contributed by atoms with van der Waals surface area (Å²) in [5.74, 6) is 0.832. The smallest absolute Gasteiger partial charge is 0.363 e. The number of hydrogen-bond acceptors (Lipinski definition) is 8. The highest BCUT2D eigenvalue weighted by Gasteiger charge is 2.44. The van der Waals surface area contributed by atoms with Crippen LogP contribution in [0.3, 0.4) is 0 Å². The Kier molecular flexibility index (Phi) is 10.4. The van der Waals surface area contributed by atoms with Gasteiger partial charge in [0.2, 0.25) is 0 Å². The van der Waals surface area contributed by atoms with Crippen LogP contribution >= 0.6 is 0 Å². The van der Waals surface area contributed by atoms with E-state index in [4.69, 9.17) is 9.57 Å². The zero-order chi connectivity index (χ0) is 25.5. The Balaban J connectivity index is 1.59. The van der Waals surface area contributed by atoms with E-state index < -0.39 is 18.4 Å². The maximum atomic E-state index is 12.2. The van der Waals surface area contributed by atoms with Crippen molar-refractivity contribution in [3.8, 4) is 5.75 Å². The van der Waals surface area contributed by atoms with Crippen LogP contribution in [0.15, 0.2) is 18.2 Å². The number of fused-ring (bicyclic) bond motifs is 2. The Bertz CT molecular complexity index is 807. The van der Waals surface area contributed by atoms with E-state index in [1.807, 2.05) is 12.1 Å². The molecule has 8 nitrogen and oxygen atoms in total. The first-order valence-electron chi connectivity index (χ1n) is 13.2. The fourth-order valence-electron chi connectivity index (χ4n) is 5.84. The minimum Gasteiger partial charge on any atom is -0.482 e. The topological polar surface area (TPSA) is 120 Å². The van der Waals surface area contributed by atoms with E-state index in [9.17, 15) is 25.2 Å². The van der Waals surface area contributed by atoms with E-state index in [2.05, 4.69) is 13.0 Å². The van der Waals surface area contributed by atoms with Crippen LogP contribution in [0.4, 0.5) is 0 Å². The quantitative estimate of drug-likeness (QED) is 0.188. The molecule has 2 aliphatic carbocycles. The second kappa shape index (κ2) is 13.0. The SMILES string of the molecule is CCCCC[C@@H](O)CC[C@@H]1[C@H]2Cc3cccc(OCC(=O)ON(C(C)O)C(C)O)c3C[C@H]2C[C@H]1O. The van der Waals surface area contributed by atoms with Crippen molar-refractivity contribution < 1.29 is 34.8 Å². The Labute approximate surface area is 208 Å². The van der Waals surface area contributed by atoms with Crippen LogP contribution in [0.25, 0.3) is 0 Å². The fourth-order valence-corrected chi connectivity index (χ4v) is 5.84. The van der Waals surface area contributed by atoms with Gasteiger partial charge in [-0.05, 0) is 87.3 Å². The standard InChI is InChI=1S/C27H43NO7/c1-4-5-6-9-21(31)11-12-22-23-13-19-8-7-10-26(24(19)14-20(23)15-25(22)32)34-16-27(33)35-28(17(2)29)18(3)30/h7-8,10,17-18,20-23,25,29-32H,4-6,9,11-16H2,1-3H3/t17?,18?,20-,21+,22+,23-,25+/m0/s1. The number of hydroxylamine groups is 2. The summed E-state index contributed by atoms with van der Waals surface area (Å²) in [7, 11) is 0. The van der Waals surface area contributed by atoms with Crippen LogP contribution in [0.1, 0.15) is 76.8 Å². The average Bonchev–Trinajstić information content (AvgIpc) is 3.11. The summed E-state index contributed by atoms with van der Waals surface area (Å²) in [6, 6.07) is 5.83. The third-order valence-corrected chi connectivity index (χ3v) is 7.61. The number of aliphatic hydroxyl groups is 4. The number of rotatable bonds is 13. The highest BCUT2D eigenvalue weighted by Crippen LogP contribution is 2.48. The van der Waals surface area contributed by atoms with Gasteiger partial charge in [-0.2, -0.15) is 0 Å². The van der Waals surface area contributed by atoms with Gasteiger partial charge in [0.25, 0.3) is 0 Å². The molecule has 0 saturated heterocycles. The van der Waals surface area contributed by atoms with Crippen molar-refractivity contribution in [3.63, 3.8) is 0 Å². The highest BCUT2D eigenvalue weighted by molar-refractivity contribution is 5.71. The molecule has 1 aromatic carbocycles. The lowest BCUT2D eigenvalue weighted by atomic mass is 9.73. The molecule has 0 spiro atoms. The second-order valence-corrected chi connectivity index (χ2v) is 10.3. The first-order valence-corrected chi connectivity index (χ1v) is 13.2. The number of carbonyl (C=O) groups is 1. The normalized spacial score (nSPS) is 26.1. The molecule has 1 saturated carbocycles. The van der Waals surface area contributed by atoms with E-state index in [-0.39, 0.29) is 24.7 Å². The van der Waals surface area contributed by atoms with Crippen molar-refractivity contribution in [1.29, 1.82) is 0 Å². The first kappa shape index (κ1) is 27.9. The van der Waals surface area contributed by atoms with Crippen molar-refractivity contribution >= 4 is 5.97 Å². The molecule has 8 heteroatoms. The van der Waals surface area contributed by atoms with Gasteiger partial charge < -0.3 is 30.0 Å². The van der Waals surface area contributed by atoms with Gasteiger partial charge in [0, 0.05) is 0 Å². The molecule has 2 aliphatic rings. The lowest BCUT2D eigenvalue weighted by Gasteiger charge is -2.32. The molecule has 7 atom stereocenters. The summed E-state index contributed by atoms with van der Waals surface area (Å²) < 4.78 is 5.79. The maximum Gasteiger partial charge on any atom is 0.363 e. The number of hydrogen-bond donors (Lipinski definition) is 4. The van der Waals surface area contributed by atoms with Gasteiger partial charge in [0.1, 0.15) is 18.2 Å². The van der Waals surface area contributed by atoms with Gasteiger partial charge in [-0.25, -0.2) is 4.79 Å². The first-order chi connectivity index (χ1) is 16.7. The molecule has 0 aliphatic heterocycles. The Morgan fingerprint density at radius 2 is 1.86 bits per heavy atom. The van der Waals surface area contributed by atoms with Gasteiger partial charge in [-0.3, -0.25) is 0 Å². The summed E-state index contributed by atoms with van der Waals surface area (Å²) >= 11 is 0. The van der Waals surface area contributed by atoms with Crippen LogP contribution in [-0.4, -0.2) is 62.7 Å². The number of ether oxygens (including phenoxy) is 1. The number of benzene rings is 1. The predicted molar refractivity (Wildman–Crippen MR) is 131 cm³/mol. The monoisotopic (exact) mass is 493 g/mol. The molecule has 198 valence electrons. The molecule has 2 unspecified atom stereocenters. The summed E-state index contributed by atoms with van der Waals surface area (Å²) in [6.07, 6.45) is 5.19. The summed E-state index contributed by atoms with van der Waals surface area (Å²) in [5.41, 5.74) is 2.24. The van der Waals surface area contributed by atoms with Crippen LogP contribution in [0, 0.1) is 17.8 Å². The van der Waals surface area contributed by atoms with Crippen LogP contribution in [0.5, 0.6) is 5.75 Å². The molecule has 0 bridgehead atoms. The minimum atomic E-state index is -1.15. The lowest BCUT2D eigenvalue weighted by Crippen LogP contribution is -2.42. The number of unbranched alkanes of at least 4 members (excludes halogenated alkanes) is 2. The fraction of sp³-hybridized carbons (Fsp3) is 0.741. The highest BCUT2D eigenvalue weighted by atomic mass is 16.7. The van der Waals surface area contributed by atoms with Crippen molar-refractivity contribution in [3.05, 3.63) is 29.3 Å². The lowest BCUT2D eigenvalue weighted by molar-refractivity contribution is -0.277. The third-order valence-electron chi connectivity index (χ3n) is 7.61. The minimum absolute atomic E-state index is 0.195. The Morgan fingerprint density at radius 1 is 1.11 bits per heavy atom.